The summed E-state index contributed by atoms with van der Waals surface area (Å²) in [5.41, 5.74) is 1.78. The van der Waals surface area contributed by atoms with Crippen molar-refractivity contribution in [3.05, 3.63) is 58.1 Å². The second-order valence-electron chi connectivity index (χ2n) is 4.69. The van der Waals surface area contributed by atoms with Gasteiger partial charge in [0.1, 0.15) is 0 Å². The van der Waals surface area contributed by atoms with E-state index in [0.29, 0.717) is 5.69 Å². The standard InChI is InChI=1S/C15H14BrNO3S/c1-10-7-8-11(9-13(10)16)17-15(18)12-5-3-4-6-14(12)21(2,19)20/h3-9H,1-2H3,(H,17,18). The maximum Gasteiger partial charge on any atom is 0.256 e. The first-order valence-electron chi connectivity index (χ1n) is 6.15. The van der Waals surface area contributed by atoms with E-state index < -0.39 is 15.7 Å². The van der Waals surface area contributed by atoms with Gasteiger partial charge in [-0.1, -0.05) is 34.1 Å². The Labute approximate surface area is 132 Å². The van der Waals surface area contributed by atoms with E-state index in [4.69, 9.17) is 0 Å². The van der Waals surface area contributed by atoms with Crippen molar-refractivity contribution in [3.8, 4) is 0 Å². The van der Waals surface area contributed by atoms with Crippen molar-refractivity contribution >= 4 is 37.4 Å². The first-order chi connectivity index (χ1) is 9.79. The molecule has 0 spiro atoms. The molecule has 0 aromatic heterocycles. The number of rotatable bonds is 3. The number of halogens is 1. The number of sulfone groups is 1. The van der Waals surface area contributed by atoms with E-state index in [1.807, 2.05) is 13.0 Å². The molecule has 21 heavy (non-hydrogen) atoms. The first-order valence-corrected chi connectivity index (χ1v) is 8.84. The van der Waals surface area contributed by atoms with Gasteiger partial charge in [-0.15, -0.1) is 0 Å². The summed E-state index contributed by atoms with van der Waals surface area (Å²) in [6, 6.07) is 11.5. The number of carbonyl (C=O) groups is 1. The Hall–Kier alpha value is -1.66. The maximum atomic E-state index is 12.3. The second-order valence-corrected chi connectivity index (χ2v) is 7.52. The van der Waals surface area contributed by atoms with Crippen LogP contribution in [0.5, 0.6) is 0 Å². The van der Waals surface area contributed by atoms with E-state index in [1.165, 1.54) is 12.1 Å². The summed E-state index contributed by atoms with van der Waals surface area (Å²) in [5, 5.41) is 2.71. The Morgan fingerprint density at radius 3 is 2.43 bits per heavy atom. The van der Waals surface area contributed by atoms with Crippen molar-refractivity contribution in [1.29, 1.82) is 0 Å². The topological polar surface area (TPSA) is 63.2 Å². The van der Waals surface area contributed by atoms with Gasteiger partial charge in [0, 0.05) is 16.4 Å². The summed E-state index contributed by atoms with van der Waals surface area (Å²) in [7, 11) is -3.46. The van der Waals surface area contributed by atoms with Crippen molar-refractivity contribution < 1.29 is 13.2 Å². The van der Waals surface area contributed by atoms with Gasteiger partial charge in [-0.25, -0.2) is 8.42 Å². The van der Waals surface area contributed by atoms with E-state index >= 15 is 0 Å². The van der Waals surface area contributed by atoms with Gasteiger partial charge < -0.3 is 5.32 Å². The van der Waals surface area contributed by atoms with Crippen LogP contribution in [-0.2, 0) is 9.84 Å². The molecule has 4 nitrogen and oxygen atoms in total. The lowest BCUT2D eigenvalue weighted by molar-refractivity contribution is 0.102. The molecule has 0 unspecified atom stereocenters. The van der Waals surface area contributed by atoms with Crippen LogP contribution in [0.1, 0.15) is 15.9 Å². The Balaban J connectivity index is 2.35. The van der Waals surface area contributed by atoms with Crippen molar-refractivity contribution in [2.24, 2.45) is 0 Å². The SMILES string of the molecule is Cc1ccc(NC(=O)c2ccccc2S(C)(=O)=O)cc1Br. The van der Waals surface area contributed by atoms with Gasteiger partial charge in [0.25, 0.3) is 5.91 Å². The average Bonchev–Trinajstić information content (AvgIpc) is 2.42. The molecule has 0 atom stereocenters. The highest BCUT2D eigenvalue weighted by Crippen LogP contribution is 2.22. The summed E-state index contributed by atoms with van der Waals surface area (Å²) in [5.74, 6) is -0.452. The maximum absolute atomic E-state index is 12.3. The van der Waals surface area contributed by atoms with Crippen molar-refractivity contribution in [3.63, 3.8) is 0 Å². The zero-order chi connectivity index (χ0) is 15.6. The number of aryl methyl sites for hydroxylation is 1. The molecule has 1 amide bonds. The Morgan fingerprint density at radius 2 is 1.81 bits per heavy atom. The van der Waals surface area contributed by atoms with Gasteiger partial charge in [0.05, 0.1) is 10.5 Å². The van der Waals surface area contributed by atoms with Crippen molar-refractivity contribution in [1.82, 2.24) is 0 Å². The Bertz CT molecular complexity index is 800. The third-order valence-corrected chi connectivity index (χ3v) is 4.97. The molecule has 0 fully saturated rings. The molecule has 0 saturated heterocycles. The van der Waals surface area contributed by atoms with Gasteiger partial charge >= 0.3 is 0 Å². The van der Waals surface area contributed by atoms with E-state index in [9.17, 15) is 13.2 Å². The zero-order valence-corrected chi connectivity index (χ0v) is 14.0. The van der Waals surface area contributed by atoms with Crippen LogP contribution in [0, 0.1) is 6.92 Å². The van der Waals surface area contributed by atoms with Crippen LogP contribution in [0.4, 0.5) is 5.69 Å². The van der Waals surface area contributed by atoms with Crippen LogP contribution in [0.15, 0.2) is 51.8 Å². The number of benzene rings is 2. The molecule has 1 N–H and O–H groups in total. The number of amides is 1. The molecule has 2 aromatic carbocycles. The largest absolute Gasteiger partial charge is 0.322 e. The smallest absolute Gasteiger partial charge is 0.256 e. The molecule has 110 valence electrons. The molecule has 0 heterocycles. The van der Waals surface area contributed by atoms with Crippen molar-refractivity contribution in [2.75, 3.05) is 11.6 Å². The fraction of sp³-hybridized carbons (Fsp3) is 0.133. The van der Waals surface area contributed by atoms with Crippen LogP contribution in [0.25, 0.3) is 0 Å². The fourth-order valence-electron chi connectivity index (χ4n) is 1.85. The van der Waals surface area contributed by atoms with Gasteiger partial charge in [-0.2, -0.15) is 0 Å². The molecule has 0 aliphatic rings. The second kappa shape index (κ2) is 5.99. The number of carbonyl (C=O) groups excluding carboxylic acids is 1. The lowest BCUT2D eigenvalue weighted by atomic mass is 10.2. The molecule has 0 aliphatic carbocycles. The predicted molar refractivity (Wildman–Crippen MR) is 86.4 cm³/mol. The number of hydrogen-bond donors (Lipinski definition) is 1. The van der Waals surface area contributed by atoms with E-state index in [1.54, 1.807) is 24.3 Å². The molecular weight excluding hydrogens is 354 g/mol. The summed E-state index contributed by atoms with van der Waals surface area (Å²) in [6.45, 7) is 1.94. The highest BCUT2D eigenvalue weighted by Gasteiger charge is 2.18. The summed E-state index contributed by atoms with van der Waals surface area (Å²) < 4.78 is 24.3. The molecule has 6 heteroatoms. The Morgan fingerprint density at radius 1 is 1.14 bits per heavy atom. The van der Waals surface area contributed by atoms with Gasteiger partial charge in [-0.05, 0) is 36.8 Å². The number of hydrogen-bond acceptors (Lipinski definition) is 3. The predicted octanol–water partition coefficient (Wildman–Crippen LogP) is 3.41. The van der Waals surface area contributed by atoms with Gasteiger partial charge in [-0.3, -0.25) is 4.79 Å². The minimum absolute atomic E-state index is 0.0219. The summed E-state index contributed by atoms with van der Waals surface area (Å²) in [6.07, 6.45) is 1.08. The lowest BCUT2D eigenvalue weighted by Gasteiger charge is -2.10. The van der Waals surface area contributed by atoms with Crippen LogP contribution < -0.4 is 5.32 Å². The first kappa shape index (κ1) is 15.7. The fourth-order valence-corrected chi connectivity index (χ4v) is 3.11. The minimum Gasteiger partial charge on any atom is -0.322 e. The molecule has 0 radical (unpaired) electrons. The highest BCUT2D eigenvalue weighted by molar-refractivity contribution is 9.10. The molecule has 0 aliphatic heterocycles. The average molecular weight is 368 g/mol. The van der Waals surface area contributed by atoms with Crippen LogP contribution in [-0.4, -0.2) is 20.6 Å². The molecule has 2 rings (SSSR count). The molecular formula is C15H14BrNO3S. The Kier molecular flexibility index (Phi) is 4.49. The van der Waals surface area contributed by atoms with Crippen molar-refractivity contribution in [2.45, 2.75) is 11.8 Å². The molecule has 2 aromatic rings. The van der Waals surface area contributed by atoms with E-state index in [2.05, 4.69) is 21.2 Å². The highest BCUT2D eigenvalue weighted by atomic mass is 79.9. The minimum atomic E-state index is -3.46. The normalized spacial score (nSPS) is 11.2. The number of nitrogens with one attached hydrogen (secondary N) is 1. The van der Waals surface area contributed by atoms with Crippen LogP contribution >= 0.6 is 15.9 Å². The lowest BCUT2D eigenvalue weighted by Crippen LogP contribution is -2.16. The molecule has 0 bridgehead atoms. The third kappa shape index (κ3) is 3.71. The van der Waals surface area contributed by atoms with Crippen LogP contribution in [0.3, 0.4) is 0 Å². The summed E-state index contributed by atoms with van der Waals surface area (Å²) in [4.78, 5) is 12.3. The van der Waals surface area contributed by atoms with Gasteiger partial charge in [0.15, 0.2) is 9.84 Å². The van der Waals surface area contributed by atoms with Gasteiger partial charge in [0.2, 0.25) is 0 Å². The zero-order valence-electron chi connectivity index (χ0n) is 11.6. The van der Waals surface area contributed by atoms with E-state index in [0.717, 1.165) is 16.3 Å². The number of anilines is 1. The van der Waals surface area contributed by atoms with E-state index in [-0.39, 0.29) is 10.5 Å². The van der Waals surface area contributed by atoms with Crippen LogP contribution in [0.2, 0.25) is 0 Å². The molecule has 0 saturated carbocycles. The summed E-state index contributed by atoms with van der Waals surface area (Å²) >= 11 is 3.39. The quantitative estimate of drug-likeness (QED) is 0.903. The monoisotopic (exact) mass is 367 g/mol. The third-order valence-electron chi connectivity index (χ3n) is 2.96.